The van der Waals surface area contributed by atoms with E-state index in [1.54, 1.807) is 6.92 Å². The minimum atomic E-state index is 0.558. The van der Waals surface area contributed by atoms with Crippen LogP contribution in [0.2, 0.25) is 0 Å². The molecule has 0 heterocycles. The van der Waals surface area contributed by atoms with Crippen LogP contribution in [0.5, 0.6) is 0 Å². The van der Waals surface area contributed by atoms with Crippen molar-refractivity contribution >= 4 is 0 Å². The first-order valence-electron chi connectivity index (χ1n) is 2.25. The lowest BCUT2D eigenvalue weighted by atomic mass is 10.6. The molecule has 0 aliphatic rings. The van der Waals surface area contributed by atoms with E-state index in [0.29, 0.717) is 12.4 Å². The molecular formula is C5H10O2. The fraction of sp³-hybridized carbons (Fsp3) is 0.600. The molecule has 0 fully saturated rings. The smallest absolute Gasteiger partial charge is 0.127 e. The molecule has 7 heavy (non-hydrogen) atoms. The summed E-state index contributed by atoms with van der Waals surface area (Å²) in [7, 11) is 0. The Bertz CT molecular complexity index is 66.5. The summed E-state index contributed by atoms with van der Waals surface area (Å²) in [6, 6.07) is 0. The molecule has 0 radical (unpaired) electrons. The highest BCUT2D eigenvalue weighted by atomic mass is 16.5. The summed E-state index contributed by atoms with van der Waals surface area (Å²) in [6.45, 7) is 4.18. The van der Waals surface area contributed by atoms with Crippen molar-refractivity contribution in [1.29, 1.82) is 0 Å². The number of hydrogen-bond acceptors (Lipinski definition) is 2. The quantitative estimate of drug-likeness (QED) is 0.534. The molecule has 0 bridgehead atoms. The summed E-state index contributed by atoms with van der Waals surface area (Å²) < 4.78 is 4.80. The first-order valence-corrected chi connectivity index (χ1v) is 2.25. The zero-order valence-electron chi connectivity index (χ0n) is 4.64. The third kappa shape index (κ3) is 3.16. The Morgan fingerprint density at radius 2 is 2.43 bits per heavy atom. The highest BCUT2D eigenvalue weighted by Crippen LogP contribution is 1.89. The zero-order chi connectivity index (χ0) is 5.70. The number of hydrogen-bond donors (Lipinski definition) is 1. The fourth-order valence-corrected chi connectivity index (χ4v) is 0.265. The molecule has 0 aromatic heterocycles. The topological polar surface area (TPSA) is 29.5 Å². The molecular weight excluding hydrogens is 92.1 g/mol. The predicted octanol–water partition coefficient (Wildman–Crippen LogP) is 1.44. The Hall–Kier alpha value is -0.660. The number of aliphatic hydroxyl groups excluding tert-OH is 1. The minimum absolute atomic E-state index is 0.558. The van der Waals surface area contributed by atoms with Gasteiger partial charge in [0.15, 0.2) is 0 Å². The molecule has 0 aliphatic carbocycles. The summed E-state index contributed by atoms with van der Waals surface area (Å²) in [5.41, 5.74) is 0. The molecule has 1 N–H and O–H groups in total. The highest BCUT2D eigenvalue weighted by molar-refractivity contribution is 4.78. The molecule has 2 heteroatoms. The van der Waals surface area contributed by atoms with E-state index >= 15 is 0 Å². The SMILES string of the molecule is CCO/C(C)=C/O. The van der Waals surface area contributed by atoms with Crippen LogP contribution in [-0.4, -0.2) is 11.7 Å². The van der Waals surface area contributed by atoms with E-state index in [4.69, 9.17) is 9.84 Å². The van der Waals surface area contributed by atoms with E-state index in [0.717, 1.165) is 6.26 Å². The van der Waals surface area contributed by atoms with E-state index < -0.39 is 0 Å². The van der Waals surface area contributed by atoms with Crippen molar-refractivity contribution in [2.45, 2.75) is 13.8 Å². The maximum Gasteiger partial charge on any atom is 0.127 e. The van der Waals surface area contributed by atoms with E-state index in [1.807, 2.05) is 6.92 Å². The van der Waals surface area contributed by atoms with Gasteiger partial charge in [0, 0.05) is 0 Å². The number of allylic oxidation sites excluding steroid dienone is 1. The third-order valence-corrected chi connectivity index (χ3v) is 0.554. The predicted molar refractivity (Wildman–Crippen MR) is 28.0 cm³/mol. The highest BCUT2D eigenvalue weighted by Gasteiger charge is 1.79. The Morgan fingerprint density at radius 1 is 1.86 bits per heavy atom. The van der Waals surface area contributed by atoms with Gasteiger partial charge in [-0.3, -0.25) is 0 Å². The Balaban J connectivity index is 3.17. The lowest BCUT2D eigenvalue weighted by molar-refractivity contribution is 0.218. The van der Waals surface area contributed by atoms with Crippen molar-refractivity contribution in [3.8, 4) is 0 Å². The third-order valence-electron chi connectivity index (χ3n) is 0.554. The van der Waals surface area contributed by atoms with Gasteiger partial charge in [0.2, 0.25) is 0 Å². The lowest BCUT2D eigenvalue weighted by Gasteiger charge is -1.96. The van der Waals surface area contributed by atoms with Crippen LogP contribution in [-0.2, 0) is 4.74 Å². The van der Waals surface area contributed by atoms with Crippen LogP contribution >= 0.6 is 0 Å². The van der Waals surface area contributed by atoms with Gasteiger partial charge in [0.05, 0.1) is 6.61 Å². The van der Waals surface area contributed by atoms with Gasteiger partial charge in [0.25, 0.3) is 0 Å². The average Bonchev–Trinajstić information content (AvgIpc) is 1.68. The second-order valence-electron chi connectivity index (χ2n) is 1.17. The molecule has 0 saturated heterocycles. The normalized spacial score (nSPS) is 11.4. The number of rotatable bonds is 2. The maximum atomic E-state index is 8.18. The molecule has 0 spiro atoms. The van der Waals surface area contributed by atoms with Crippen molar-refractivity contribution in [2.75, 3.05) is 6.61 Å². The van der Waals surface area contributed by atoms with Gasteiger partial charge in [0.1, 0.15) is 12.0 Å². The van der Waals surface area contributed by atoms with Crippen LogP contribution in [0.3, 0.4) is 0 Å². The summed E-state index contributed by atoms with van der Waals surface area (Å²) >= 11 is 0. The van der Waals surface area contributed by atoms with Gasteiger partial charge in [-0.2, -0.15) is 0 Å². The Morgan fingerprint density at radius 3 is 2.57 bits per heavy atom. The lowest BCUT2D eigenvalue weighted by Crippen LogP contribution is -1.84. The zero-order valence-corrected chi connectivity index (χ0v) is 4.64. The number of ether oxygens (including phenoxy) is 1. The molecule has 0 unspecified atom stereocenters. The molecule has 42 valence electrons. The van der Waals surface area contributed by atoms with E-state index in [9.17, 15) is 0 Å². The van der Waals surface area contributed by atoms with Crippen molar-refractivity contribution < 1.29 is 9.84 Å². The van der Waals surface area contributed by atoms with Gasteiger partial charge in [-0.1, -0.05) is 0 Å². The standard InChI is InChI=1S/C5H10O2/c1-3-7-5(2)4-6/h4,6H,3H2,1-2H3/b5-4+. The minimum Gasteiger partial charge on any atom is -0.512 e. The summed E-state index contributed by atoms with van der Waals surface area (Å²) in [5.74, 6) is 0.558. The van der Waals surface area contributed by atoms with Crippen LogP contribution in [0.15, 0.2) is 12.0 Å². The first kappa shape index (κ1) is 6.34. The van der Waals surface area contributed by atoms with Gasteiger partial charge < -0.3 is 9.84 Å². The second-order valence-corrected chi connectivity index (χ2v) is 1.17. The molecule has 0 rings (SSSR count). The molecule has 0 amide bonds. The van der Waals surface area contributed by atoms with Gasteiger partial charge in [-0.05, 0) is 13.8 Å². The Kier molecular flexibility index (Phi) is 3.19. The molecule has 0 aliphatic heterocycles. The van der Waals surface area contributed by atoms with Crippen LogP contribution in [0.1, 0.15) is 13.8 Å². The average molecular weight is 102 g/mol. The molecule has 0 aromatic rings. The summed E-state index contributed by atoms with van der Waals surface area (Å²) in [5, 5.41) is 8.18. The van der Waals surface area contributed by atoms with Gasteiger partial charge >= 0.3 is 0 Å². The van der Waals surface area contributed by atoms with Crippen molar-refractivity contribution in [3.63, 3.8) is 0 Å². The van der Waals surface area contributed by atoms with Gasteiger partial charge in [-0.15, -0.1) is 0 Å². The summed E-state index contributed by atoms with van der Waals surface area (Å²) in [4.78, 5) is 0. The van der Waals surface area contributed by atoms with Crippen molar-refractivity contribution in [3.05, 3.63) is 12.0 Å². The van der Waals surface area contributed by atoms with Crippen molar-refractivity contribution in [1.82, 2.24) is 0 Å². The Labute approximate surface area is 43.4 Å². The van der Waals surface area contributed by atoms with E-state index in [2.05, 4.69) is 0 Å². The first-order chi connectivity index (χ1) is 3.31. The largest absolute Gasteiger partial charge is 0.512 e. The number of aliphatic hydroxyl groups is 1. The summed E-state index contributed by atoms with van der Waals surface area (Å²) in [6.07, 6.45) is 0.948. The van der Waals surface area contributed by atoms with Crippen LogP contribution in [0.25, 0.3) is 0 Å². The van der Waals surface area contributed by atoms with Crippen molar-refractivity contribution in [2.24, 2.45) is 0 Å². The van der Waals surface area contributed by atoms with Crippen LogP contribution in [0.4, 0.5) is 0 Å². The van der Waals surface area contributed by atoms with Gasteiger partial charge in [-0.25, -0.2) is 0 Å². The molecule has 0 atom stereocenters. The molecule has 0 saturated carbocycles. The molecule has 0 aromatic carbocycles. The fourth-order valence-electron chi connectivity index (χ4n) is 0.265. The second kappa shape index (κ2) is 3.53. The van der Waals surface area contributed by atoms with Crippen LogP contribution < -0.4 is 0 Å². The monoisotopic (exact) mass is 102 g/mol. The van der Waals surface area contributed by atoms with Crippen LogP contribution in [0, 0.1) is 0 Å². The van der Waals surface area contributed by atoms with E-state index in [-0.39, 0.29) is 0 Å². The molecule has 2 nitrogen and oxygen atoms in total. The maximum absolute atomic E-state index is 8.18. The van der Waals surface area contributed by atoms with E-state index in [1.165, 1.54) is 0 Å².